The van der Waals surface area contributed by atoms with E-state index in [1.54, 1.807) is 6.07 Å². The lowest BCUT2D eigenvalue weighted by Gasteiger charge is -2.28. The van der Waals surface area contributed by atoms with Crippen molar-refractivity contribution in [3.05, 3.63) is 35.2 Å². The van der Waals surface area contributed by atoms with Crippen LogP contribution in [0.1, 0.15) is 32.4 Å². The largest absolute Gasteiger partial charge is 0.511 e. The minimum absolute atomic E-state index is 0.0647. The zero-order valence-corrected chi connectivity index (χ0v) is 11.5. The van der Waals surface area contributed by atoms with Gasteiger partial charge >= 0.3 is 0 Å². The molecule has 1 heterocycles. The second kappa shape index (κ2) is 4.96. The Morgan fingerprint density at radius 3 is 2.74 bits per heavy atom. The van der Waals surface area contributed by atoms with E-state index < -0.39 is 0 Å². The third-order valence-corrected chi connectivity index (χ3v) is 3.10. The van der Waals surface area contributed by atoms with Gasteiger partial charge in [0, 0.05) is 24.8 Å². The van der Waals surface area contributed by atoms with Gasteiger partial charge in [0.2, 0.25) is 0 Å². The van der Waals surface area contributed by atoms with E-state index in [-0.39, 0.29) is 17.0 Å². The highest BCUT2D eigenvalue weighted by Crippen LogP contribution is 2.35. The van der Waals surface area contributed by atoms with Crippen LogP contribution in [0.15, 0.2) is 34.5 Å². The van der Waals surface area contributed by atoms with Crippen LogP contribution in [0.25, 0.3) is 0 Å². The normalized spacial score (nSPS) is 19.2. The Morgan fingerprint density at radius 1 is 1.37 bits per heavy atom. The first-order valence-corrected chi connectivity index (χ1v) is 6.30. The monoisotopic (exact) mass is 258 g/mol. The second-order valence-corrected chi connectivity index (χ2v) is 5.70. The third-order valence-electron chi connectivity index (χ3n) is 3.10. The molecule has 0 spiro atoms. The number of aliphatic hydroxyl groups excluding tert-OH is 1. The molecule has 0 atom stereocenters. The molecule has 100 valence electrons. The van der Waals surface area contributed by atoms with Crippen LogP contribution in [0.4, 0.5) is 5.82 Å². The van der Waals surface area contributed by atoms with Crippen LogP contribution in [0.2, 0.25) is 0 Å². The van der Waals surface area contributed by atoms with Crippen LogP contribution < -0.4 is 0 Å². The maximum absolute atomic E-state index is 12.0. The first-order chi connectivity index (χ1) is 8.87. The molecule has 1 aliphatic carbocycles. The summed E-state index contributed by atoms with van der Waals surface area (Å²) in [7, 11) is 0. The van der Waals surface area contributed by atoms with Crippen molar-refractivity contribution in [1.82, 2.24) is 4.98 Å². The summed E-state index contributed by atoms with van der Waals surface area (Å²) in [6, 6.07) is 5.50. The highest BCUT2D eigenvalue weighted by atomic mass is 16.3. The van der Waals surface area contributed by atoms with Crippen molar-refractivity contribution in [2.45, 2.75) is 33.6 Å². The highest BCUT2D eigenvalue weighted by Gasteiger charge is 2.32. The highest BCUT2D eigenvalue weighted by molar-refractivity contribution is 6.14. The molecular formula is C15H18N2O2. The van der Waals surface area contributed by atoms with E-state index >= 15 is 0 Å². The molecule has 2 rings (SSSR count). The third kappa shape index (κ3) is 3.28. The van der Waals surface area contributed by atoms with Crippen LogP contribution in [0, 0.1) is 12.3 Å². The number of aliphatic imine (C=N–C) groups is 1. The van der Waals surface area contributed by atoms with Crippen molar-refractivity contribution in [2.24, 2.45) is 10.4 Å². The molecule has 1 aromatic heterocycles. The number of aryl methyl sites for hydroxylation is 1. The van der Waals surface area contributed by atoms with Crippen molar-refractivity contribution in [2.75, 3.05) is 0 Å². The molecule has 0 radical (unpaired) electrons. The van der Waals surface area contributed by atoms with E-state index in [0.717, 1.165) is 5.69 Å². The predicted octanol–water partition coefficient (Wildman–Crippen LogP) is 3.29. The molecule has 4 heteroatoms. The summed E-state index contributed by atoms with van der Waals surface area (Å²) in [6.07, 6.45) is 2.36. The summed E-state index contributed by atoms with van der Waals surface area (Å²) in [5, 5.41) is 9.95. The van der Waals surface area contributed by atoms with Crippen LogP contribution in [-0.2, 0) is 4.79 Å². The van der Waals surface area contributed by atoms with E-state index in [2.05, 4.69) is 9.98 Å². The molecule has 0 fully saturated rings. The van der Waals surface area contributed by atoms with E-state index in [4.69, 9.17) is 0 Å². The standard InChI is InChI=1S/C15H18N2O2/c1-10-5-4-6-14(17-10)16-9-11-12(18)7-15(2,3)8-13(11)19/h4-6,9,18H,7-8H2,1-3H3. The molecule has 0 unspecified atom stereocenters. The number of pyridine rings is 1. The molecule has 1 aliphatic rings. The van der Waals surface area contributed by atoms with Gasteiger partial charge in [-0.2, -0.15) is 0 Å². The molecule has 0 saturated carbocycles. The number of nitrogens with zero attached hydrogens (tertiary/aromatic N) is 2. The average Bonchev–Trinajstić information content (AvgIpc) is 2.26. The summed E-state index contributed by atoms with van der Waals surface area (Å²) in [6.45, 7) is 5.82. The fraction of sp³-hybridized carbons (Fsp3) is 0.400. The summed E-state index contributed by atoms with van der Waals surface area (Å²) in [5.74, 6) is 0.598. The van der Waals surface area contributed by atoms with Crippen LogP contribution >= 0.6 is 0 Å². The molecule has 0 aliphatic heterocycles. The van der Waals surface area contributed by atoms with Crippen molar-refractivity contribution in [1.29, 1.82) is 0 Å². The number of ketones is 1. The number of carbonyl (C=O) groups excluding carboxylic acids is 1. The number of hydrogen-bond acceptors (Lipinski definition) is 4. The van der Waals surface area contributed by atoms with Gasteiger partial charge in [0.05, 0.1) is 5.57 Å². The number of carbonyl (C=O) groups is 1. The van der Waals surface area contributed by atoms with Crippen molar-refractivity contribution < 1.29 is 9.90 Å². The van der Waals surface area contributed by atoms with Gasteiger partial charge in [-0.05, 0) is 24.5 Å². The molecule has 0 aromatic carbocycles. The predicted molar refractivity (Wildman–Crippen MR) is 74.8 cm³/mol. The van der Waals surface area contributed by atoms with Gasteiger partial charge in [-0.3, -0.25) is 4.79 Å². The van der Waals surface area contributed by atoms with Gasteiger partial charge < -0.3 is 5.11 Å². The fourth-order valence-corrected chi connectivity index (χ4v) is 2.18. The Labute approximate surface area is 112 Å². The Balaban J connectivity index is 2.25. The Hall–Kier alpha value is -1.97. The summed E-state index contributed by atoms with van der Waals surface area (Å²) < 4.78 is 0. The van der Waals surface area contributed by atoms with Gasteiger partial charge in [-0.1, -0.05) is 19.9 Å². The first-order valence-electron chi connectivity index (χ1n) is 6.30. The Bertz CT molecular complexity index is 571. The lowest BCUT2D eigenvalue weighted by molar-refractivity contribution is -0.117. The van der Waals surface area contributed by atoms with Gasteiger partial charge in [0.15, 0.2) is 11.6 Å². The lowest BCUT2D eigenvalue weighted by atomic mass is 9.77. The van der Waals surface area contributed by atoms with E-state index in [1.807, 2.05) is 32.9 Å². The molecule has 0 amide bonds. The van der Waals surface area contributed by atoms with Gasteiger partial charge in [-0.15, -0.1) is 0 Å². The second-order valence-electron chi connectivity index (χ2n) is 5.70. The fourth-order valence-electron chi connectivity index (χ4n) is 2.18. The van der Waals surface area contributed by atoms with Crippen LogP contribution in [0.5, 0.6) is 0 Å². The van der Waals surface area contributed by atoms with Crippen LogP contribution in [-0.4, -0.2) is 22.1 Å². The minimum atomic E-state index is -0.180. The molecular weight excluding hydrogens is 240 g/mol. The SMILES string of the molecule is Cc1cccc(N=CC2=C(O)CC(C)(C)CC2=O)n1. The number of rotatable bonds is 2. The Morgan fingerprint density at radius 2 is 2.11 bits per heavy atom. The maximum Gasteiger partial charge on any atom is 0.168 e. The number of Topliss-reactive ketones (excluding diaryl/α,β-unsaturated/α-hetero) is 1. The maximum atomic E-state index is 12.0. The van der Waals surface area contributed by atoms with E-state index in [9.17, 15) is 9.90 Å². The minimum Gasteiger partial charge on any atom is -0.511 e. The molecule has 1 N–H and O–H groups in total. The summed E-state index contributed by atoms with van der Waals surface area (Å²) in [5.41, 5.74) is 0.992. The number of aromatic nitrogens is 1. The smallest absolute Gasteiger partial charge is 0.168 e. The lowest BCUT2D eigenvalue weighted by Crippen LogP contribution is -2.26. The molecule has 1 aromatic rings. The quantitative estimate of drug-likeness (QED) is 0.828. The van der Waals surface area contributed by atoms with Gasteiger partial charge in [0.25, 0.3) is 0 Å². The number of hydrogen-bond donors (Lipinski definition) is 1. The van der Waals surface area contributed by atoms with Crippen molar-refractivity contribution in [3.63, 3.8) is 0 Å². The Kier molecular flexibility index (Phi) is 3.51. The molecule has 4 nitrogen and oxygen atoms in total. The van der Waals surface area contributed by atoms with Crippen molar-refractivity contribution in [3.8, 4) is 0 Å². The average molecular weight is 258 g/mol. The zero-order chi connectivity index (χ0) is 14.0. The summed E-state index contributed by atoms with van der Waals surface area (Å²) >= 11 is 0. The van der Waals surface area contributed by atoms with E-state index in [0.29, 0.717) is 24.2 Å². The topological polar surface area (TPSA) is 62.6 Å². The van der Waals surface area contributed by atoms with Gasteiger partial charge in [0.1, 0.15) is 5.76 Å². The zero-order valence-electron chi connectivity index (χ0n) is 11.5. The van der Waals surface area contributed by atoms with Crippen molar-refractivity contribution >= 4 is 17.8 Å². The van der Waals surface area contributed by atoms with E-state index in [1.165, 1.54) is 6.21 Å². The number of aliphatic hydroxyl groups is 1. The molecule has 19 heavy (non-hydrogen) atoms. The van der Waals surface area contributed by atoms with Gasteiger partial charge in [-0.25, -0.2) is 9.98 Å². The first kappa shape index (κ1) is 13.5. The summed E-state index contributed by atoms with van der Waals surface area (Å²) in [4.78, 5) is 20.4. The molecule has 0 saturated heterocycles. The van der Waals surface area contributed by atoms with Crippen LogP contribution in [0.3, 0.4) is 0 Å². The molecule has 0 bridgehead atoms. The number of allylic oxidation sites excluding steroid dienone is 2.